The Morgan fingerprint density at radius 2 is 1.73 bits per heavy atom. The van der Waals surface area contributed by atoms with Crippen molar-refractivity contribution in [1.29, 1.82) is 5.26 Å². The van der Waals surface area contributed by atoms with Crippen molar-refractivity contribution in [1.82, 2.24) is 0 Å². The molecule has 4 atom stereocenters. The molecule has 186 valence electrons. The average Bonchev–Trinajstić information content (AvgIpc) is 3.24. The Hall–Kier alpha value is -4.64. The number of ketones is 1. The number of anilines is 1. The molecule has 0 spiro atoms. The van der Waals surface area contributed by atoms with Crippen LogP contribution in [0.2, 0.25) is 0 Å². The number of nitriles is 1. The first-order valence-corrected chi connectivity index (χ1v) is 11.7. The number of carbonyl (C=O) groups is 2. The number of Topliss-reactive ketones (excluding diaryl/α,β-unsaturated/α-hetero) is 1. The molecule has 2 aliphatic rings. The molecule has 1 amide bonds. The lowest BCUT2D eigenvalue weighted by Crippen LogP contribution is -2.49. The predicted octanol–water partition coefficient (Wildman–Crippen LogP) is 4.09. The molecular weight excluding hydrogens is 473 g/mol. The van der Waals surface area contributed by atoms with Crippen LogP contribution < -0.4 is 20.1 Å². The number of benzene rings is 3. The molecule has 2 N–H and O–H groups in total. The van der Waals surface area contributed by atoms with Gasteiger partial charge >= 0.3 is 0 Å². The van der Waals surface area contributed by atoms with Crippen molar-refractivity contribution < 1.29 is 23.5 Å². The summed E-state index contributed by atoms with van der Waals surface area (Å²) < 4.78 is 24.6. The van der Waals surface area contributed by atoms with E-state index in [0.29, 0.717) is 22.7 Å². The second-order valence-corrected chi connectivity index (χ2v) is 9.02. The molecule has 3 aromatic carbocycles. The predicted molar refractivity (Wildman–Crippen MR) is 136 cm³/mol. The highest BCUT2D eigenvalue weighted by molar-refractivity contribution is 6.06. The lowest BCUT2D eigenvalue weighted by Gasteiger charge is -2.36. The number of hydrogen-bond acceptors (Lipinski definition) is 6. The normalized spacial score (nSPS) is 23.5. The third kappa shape index (κ3) is 3.54. The number of rotatable bonds is 6. The maximum atomic E-state index is 14.2. The van der Waals surface area contributed by atoms with E-state index in [-0.39, 0.29) is 11.3 Å². The Balaban J connectivity index is 1.81. The van der Waals surface area contributed by atoms with Crippen LogP contribution in [0.4, 0.5) is 10.1 Å². The fourth-order valence-electron chi connectivity index (χ4n) is 5.63. The van der Waals surface area contributed by atoms with Gasteiger partial charge in [-0.05, 0) is 53.6 Å². The highest BCUT2D eigenvalue weighted by Crippen LogP contribution is 2.56. The third-order valence-electron chi connectivity index (χ3n) is 7.30. The van der Waals surface area contributed by atoms with Crippen LogP contribution >= 0.6 is 0 Å². The van der Waals surface area contributed by atoms with Crippen molar-refractivity contribution in [2.45, 2.75) is 18.0 Å². The van der Waals surface area contributed by atoms with E-state index in [1.54, 1.807) is 29.2 Å². The molecule has 7 nitrogen and oxygen atoms in total. The lowest BCUT2D eigenvalue weighted by molar-refractivity contribution is -0.125. The molecule has 0 bridgehead atoms. The highest BCUT2D eigenvalue weighted by atomic mass is 19.1. The van der Waals surface area contributed by atoms with Gasteiger partial charge in [-0.25, -0.2) is 4.39 Å². The summed E-state index contributed by atoms with van der Waals surface area (Å²) in [6, 6.07) is 18.1. The van der Waals surface area contributed by atoms with Crippen LogP contribution in [0.15, 0.2) is 72.8 Å². The van der Waals surface area contributed by atoms with Gasteiger partial charge in [0.25, 0.3) is 0 Å². The number of fused-ring (bicyclic) bond motifs is 3. The van der Waals surface area contributed by atoms with E-state index in [1.165, 1.54) is 38.5 Å². The van der Waals surface area contributed by atoms with Crippen LogP contribution in [0, 0.1) is 22.6 Å². The van der Waals surface area contributed by atoms with E-state index in [2.05, 4.69) is 6.07 Å². The number of para-hydroxylation sites is 1. The standard InChI is InChI=1S/C29H24FN3O4/c1-36-22-13-9-19(15-23(22)37-2)25-26(27(34)18-7-11-20(30)12-8-18)33-21-6-4-3-5-17(21)10-14-24(33)29(25,16-31)28(32)35/h3-15,24-26H,1-2H3,(H2,32,35)/t24-,25+,26+,29-/m0/s1. The second kappa shape index (κ2) is 9.10. The number of nitrogens with two attached hydrogens (primary N) is 1. The summed E-state index contributed by atoms with van der Waals surface area (Å²) in [5.74, 6) is -1.84. The molecule has 1 saturated heterocycles. The van der Waals surface area contributed by atoms with Crippen molar-refractivity contribution in [3.05, 3.63) is 95.3 Å². The molecule has 0 saturated carbocycles. The summed E-state index contributed by atoms with van der Waals surface area (Å²) in [6.07, 6.45) is 3.59. The molecular formula is C29H24FN3O4. The molecule has 5 rings (SSSR count). The Kier molecular flexibility index (Phi) is 5.92. The van der Waals surface area contributed by atoms with E-state index < -0.39 is 35.1 Å². The fraction of sp³-hybridized carbons (Fsp3) is 0.207. The molecule has 0 aromatic heterocycles. The number of nitrogens with zero attached hydrogens (tertiary/aromatic N) is 2. The summed E-state index contributed by atoms with van der Waals surface area (Å²) in [5, 5.41) is 10.6. The minimum Gasteiger partial charge on any atom is -0.493 e. The van der Waals surface area contributed by atoms with Crippen LogP contribution in [0.25, 0.3) is 6.08 Å². The number of hydrogen-bond donors (Lipinski definition) is 1. The van der Waals surface area contributed by atoms with Crippen molar-refractivity contribution >= 4 is 23.5 Å². The Morgan fingerprint density at radius 3 is 2.38 bits per heavy atom. The molecule has 37 heavy (non-hydrogen) atoms. The zero-order chi connectivity index (χ0) is 26.3. The monoisotopic (exact) mass is 497 g/mol. The van der Waals surface area contributed by atoms with Gasteiger partial charge in [-0.1, -0.05) is 36.4 Å². The Bertz CT molecular complexity index is 1460. The largest absolute Gasteiger partial charge is 0.493 e. The first-order valence-electron chi connectivity index (χ1n) is 11.7. The summed E-state index contributed by atoms with van der Waals surface area (Å²) in [7, 11) is 2.98. The molecule has 0 radical (unpaired) electrons. The van der Waals surface area contributed by atoms with Gasteiger partial charge in [-0.3, -0.25) is 9.59 Å². The lowest BCUT2D eigenvalue weighted by atomic mass is 9.67. The van der Waals surface area contributed by atoms with Crippen LogP contribution in [-0.4, -0.2) is 38.0 Å². The highest BCUT2D eigenvalue weighted by Gasteiger charge is 2.65. The van der Waals surface area contributed by atoms with E-state index in [9.17, 15) is 19.2 Å². The number of halogens is 1. The first kappa shape index (κ1) is 24.1. The molecule has 3 aromatic rings. The zero-order valence-electron chi connectivity index (χ0n) is 20.2. The van der Waals surface area contributed by atoms with E-state index in [1.807, 2.05) is 30.3 Å². The van der Waals surface area contributed by atoms with Crippen molar-refractivity contribution in [3.8, 4) is 17.6 Å². The topological polar surface area (TPSA) is 106 Å². The van der Waals surface area contributed by atoms with Gasteiger partial charge in [-0.15, -0.1) is 0 Å². The maximum absolute atomic E-state index is 14.2. The zero-order valence-corrected chi connectivity index (χ0v) is 20.2. The number of carbonyl (C=O) groups excluding carboxylic acids is 2. The molecule has 2 heterocycles. The van der Waals surface area contributed by atoms with Crippen molar-refractivity contribution in [2.75, 3.05) is 19.1 Å². The van der Waals surface area contributed by atoms with Crippen molar-refractivity contribution in [2.24, 2.45) is 11.1 Å². The summed E-state index contributed by atoms with van der Waals surface area (Å²) in [4.78, 5) is 29.3. The number of primary amides is 1. The minimum atomic E-state index is -1.80. The molecule has 1 fully saturated rings. The van der Waals surface area contributed by atoms with Gasteiger partial charge in [0.15, 0.2) is 22.7 Å². The molecule has 0 aliphatic carbocycles. The van der Waals surface area contributed by atoms with Gasteiger partial charge in [0, 0.05) is 17.2 Å². The number of ether oxygens (including phenoxy) is 2. The summed E-state index contributed by atoms with van der Waals surface area (Å²) in [6.45, 7) is 0. The average molecular weight is 498 g/mol. The van der Waals surface area contributed by atoms with Gasteiger partial charge in [-0.2, -0.15) is 5.26 Å². The summed E-state index contributed by atoms with van der Waals surface area (Å²) >= 11 is 0. The SMILES string of the molecule is COc1ccc([C@@H]2[C@H](C(=O)c3ccc(F)cc3)N3c4ccccc4C=C[C@H]3[C@]2(C#N)C(N)=O)cc1OC. The molecule has 0 unspecified atom stereocenters. The van der Waals surface area contributed by atoms with Gasteiger partial charge < -0.3 is 20.1 Å². The van der Waals surface area contributed by atoms with E-state index >= 15 is 0 Å². The third-order valence-corrected chi connectivity index (χ3v) is 7.30. The second-order valence-electron chi connectivity index (χ2n) is 9.02. The molecule has 2 aliphatic heterocycles. The van der Waals surface area contributed by atoms with Crippen molar-refractivity contribution in [3.63, 3.8) is 0 Å². The summed E-state index contributed by atoms with van der Waals surface area (Å²) in [5.41, 5.74) is 6.50. The first-order chi connectivity index (χ1) is 17.9. The van der Waals surface area contributed by atoms with Crippen LogP contribution in [0.3, 0.4) is 0 Å². The minimum absolute atomic E-state index is 0.251. The fourth-order valence-corrected chi connectivity index (χ4v) is 5.63. The quantitative estimate of drug-likeness (QED) is 0.515. The molecule has 8 heteroatoms. The van der Waals surface area contributed by atoms with E-state index in [0.717, 1.165) is 5.56 Å². The smallest absolute Gasteiger partial charge is 0.241 e. The van der Waals surface area contributed by atoms with Gasteiger partial charge in [0.05, 0.1) is 26.3 Å². The van der Waals surface area contributed by atoms with Gasteiger partial charge in [0.1, 0.15) is 11.9 Å². The number of methoxy groups -OCH3 is 2. The van der Waals surface area contributed by atoms with Crippen LogP contribution in [0.5, 0.6) is 11.5 Å². The van der Waals surface area contributed by atoms with Crippen LogP contribution in [-0.2, 0) is 4.79 Å². The Labute approximate surface area is 213 Å². The maximum Gasteiger partial charge on any atom is 0.241 e. The Morgan fingerprint density at radius 1 is 1.03 bits per heavy atom. The van der Waals surface area contributed by atoms with Gasteiger partial charge in [0.2, 0.25) is 5.91 Å². The van der Waals surface area contributed by atoms with Crippen LogP contribution in [0.1, 0.15) is 27.4 Å². The van der Waals surface area contributed by atoms with E-state index in [4.69, 9.17) is 15.2 Å². The number of amides is 1.